The standard InChI is InChI=1S/C24H31N3O2S/c1-17(2)30-22-11-9-19(10-12-22)24(29)25-18(3)15-23(28)26-20-7-6-8-21(16-20)27-13-4-5-14-27/h6-12,16-18H,4-5,13-15H2,1-3H3,(H,25,29)(H,26,28). The molecule has 3 rings (SSSR count). The zero-order valence-electron chi connectivity index (χ0n) is 18.0. The van der Waals surface area contributed by atoms with Crippen molar-refractivity contribution in [3.8, 4) is 0 Å². The lowest BCUT2D eigenvalue weighted by Gasteiger charge is -2.19. The molecule has 1 unspecified atom stereocenters. The van der Waals surface area contributed by atoms with Crippen molar-refractivity contribution in [2.24, 2.45) is 0 Å². The fourth-order valence-corrected chi connectivity index (χ4v) is 4.40. The molecule has 2 aromatic rings. The van der Waals surface area contributed by atoms with Crippen LogP contribution >= 0.6 is 11.8 Å². The molecule has 0 bridgehead atoms. The van der Waals surface area contributed by atoms with Gasteiger partial charge in [0.1, 0.15) is 0 Å². The Morgan fingerprint density at radius 1 is 1.03 bits per heavy atom. The van der Waals surface area contributed by atoms with Gasteiger partial charge in [0.05, 0.1) is 0 Å². The highest BCUT2D eigenvalue weighted by molar-refractivity contribution is 7.99. The van der Waals surface area contributed by atoms with Crippen LogP contribution in [0, 0.1) is 0 Å². The van der Waals surface area contributed by atoms with Crippen LogP contribution < -0.4 is 15.5 Å². The molecular weight excluding hydrogens is 394 g/mol. The quantitative estimate of drug-likeness (QED) is 0.589. The molecule has 2 amide bonds. The normalized spacial score (nSPS) is 14.6. The molecule has 0 aromatic heterocycles. The number of carbonyl (C=O) groups is 2. The predicted molar refractivity (Wildman–Crippen MR) is 125 cm³/mol. The van der Waals surface area contributed by atoms with Crippen LogP contribution in [-0.2, 0) is 4.79 Å². The Morgan fingerprint density at radius 3 is 2.40 bits per heavy atom. The molecule has 1 atom stereocenters. The molecule has 0 aliphatic carbocycles. The number of amides is 2. The van der Waals surface area contributed by atoms with Gasteiger partial charge in [-0.3, -0.25) is 9.59 Å². The van der Waals surface area contributed by atoms with Gasteiger partial charge in [-0.15, -0.1) is 11.8 Å². The van der Waals surface area contributed by atoms with Crippen LogP contribution in [0.1, 0.15) is 50.4 Å². The number of anilines is 2. The number of hydrogen-bond acceptors (Lipinski definition) is 4. The second-order valence-electron chi connectivity index (χ2n) is 8.06. The maximum atomic E-state index is 12.5. The van der Waals surface area contributed by atoms with Gasteiger partial charge < -0.3 is 15.5 Å². The number of thioether (sulfide) groups is 1. The highest BCUT2D eigenvalue weighted by Gasteiger charge is 2.15. The monoisotopic (exact) mass is 425 g/mol. The van der Waals surface area contributed by atoms with Crippen LogP contribution in [-0.4, -0.2) is 36.2 Å². The molecular formula is C24H31N3O2S. The number of hydrogen-bond donors (Lipinski definition) is 2. The first-order chi connectivity index (χ1) is 14.4. The van der Waals surface area contributed by atoms with E-state index in [1.807, 2.05) is 49.4 Å². The molecule has 0 radical (unpaired) electrons. The number of nitrogens with one attached hydrogen (secondary N) is 2. The molecule has 1 saturated heterocycles. The van der Waals surface area contributed by atoms with Crippen molar-refractivity contribution in [3.63, 3.8) is 0 Å². The van der Waals surface area contributed by atoms with Gasteiger partial charge in [-0.25, -0.2) is 0 Å². The summed E-state index contributed by atoms with van der Waals surface area (Å²) in [7, 11) is 0. The summed E-state index contributed by atoms with van der Waals surface area (Å²) < 4.78 is 0. The van der Waals surface area contributed by atoms with Crippen molar-refractivity contribution in [1.82, 2.24) is 5.32 Å². The van der Waals surface area contributed by atoms with Gasteiger partial charge in [0.25, 0.3) is 5.91 Å². The summed E-state index contributed by atoms with van der Waals surface area (Å²) in [6, 6.07) is 15.3. The van der Waals surface area contributed by atoms with E-state index in [1.165, 1.54) is 12.8 Å². The summed E-state index contributed by atoms with van der Waals surface area (Å²) in [4.78, 5) is 28.4. The zero-order valence-corrected chi connectivity index (χ0v) is 18.8. The van der Waals surface area contributed by atoms with Gasteiger partial charge in [-0.05, 0) is 62.2 Å². The van der Waals surface area contributed by atoms with Gasteiger partial charge in [-0.2, -0.15) is 0 Å². The molecule has 1 fully saturated rings. The summed E-state index contributed by atoms with van der Waals surface area (Å²) in [6.07, 6.45) is 2.65. The van der Waals surface area contributed by atoms with Crippen LogP contribution in [0.4, 0.5) is 11.4 Å². The molecule has 6 heteroatoms. The lowest BCUT2D eigenvalue weighted by Crippen LogP contribution is -2.35. The highest BCUT2D eigenvalue weighted by Crippen LogP contribution is 2.24. The topological polar surface area (TPSA) is 61.4 Å². The maximum Gasteiger partial charge on any atom is 0.251 e. The first kappa shape index (κ1) is 22.2. The smallest absolute Gasteiger partial charge is 0.251 e. The third kappa shape index (κ3) is 6.52. The van der Waals surface area contributed by atoms with Gasteiger partial charge >= 0.3 is 0 Å². The minimum atomic E-state index is -0.260. The molecule has 1 heterocycles. The summed E-state index contributed by atoms with van der Waals surface area (Å²) in [5, 5.41) is 6.37. The van der Waals surface area contributed by atoms with Gasteiger partial charge in [0.15, 0.2) is 0 Å². The van der Waals surface area contributed by atoms with Crippen LogP contribution in [0.15, 0.2) is 53.4 Å². The molecule has 2 N–H and O–H groups in total. The average Bonchev–Trinajstić information content (AvgIpc) is 3.23. The Labute approximate surface area is 183 Å². The molecule has 160 valence electrons. The van der Waals surface area contributed by atoms with Crippen molar-refractivity contribution in [2.45, 2.75) is 56.2 Å². The van der Waals surface area contributed by atoms with E-state index in [9.17, 15) is 9.59 Å². The van der Waals surface area contributed by atoms with Crippen molar-refractivity contribution in [3.05, 3.63) is 54.1 Å². The second kappa shape index (κ2) is 10.5. The fraction of sp³-hybridized carbons (Fsp3) is 0.417. The Balaban J connectivity index is 1.49. The minimum Gasteiger partial charge on any atom is -0.371 e. The minimum absolute atomic E-state index is 0.106. The van der Waals surface area contributed by atoms with Crippen LogP contribution in [0.25, 0.3) is 0 Å². The van der Waals surface area contributed by atoms with Crippen molar-refractivity contribution < 1.29 is 9.59 Å². The SMILES string of the molecule is CC(CC(=O)Nc1cccc(N2CCCC2)c1)NC(=O)c1ccc(SC(C)C)cc1. The molecule has 5 nitrogen and oxygen atoms in total. The molecule has 1 aliphatic heterocycles. The Morgan fingerprint density at radius 2 is 1.73 bits per heavy atom. The number of rotatable bonds is 8. The summed E-state index contributed by atoms with van der Waals surface area (Å²) in [5.41, 5.74) is 2.54. The van der Waals surface area contributed by atoms with E-state index in [-0.39, 0.29) is 24.3 Å². The van der Waals surface area contributed by atoms with E-state index >= 15 is 0 Å². The Hall–Kier alpha value is -2.47. The molecule has 0 saturated carbocycles. The first-order valence-corrected chi connectivity index (χ1v) is 11.5. The van der Waals surface area contributed by atoms with Crippen LogP contribution in [0.3, 0.4) is 0 Å². The molecule has 30 heavy (non-hydrogen) atoms. The lowest BCUT2D eigenvalue weighted by molar-refractivity contribution is -0.116. The van der Waals surface area contributed by atoms with E-state index in [4.69, 9.17) is 0 Å². The largest absolute Gasteiger partial charge is 0.371 e. The molecule has 0 spiro atoms. The Bertz CT molecular complexity index is 861. The average molecular weight is 426 g/mol. The van der Waals surface area contributed by atoms with Crippen molar-refractivity contribution in [2.75, 3.05) is 23.3 Å². The van der Waals surface area contributed by atoms with Gasteiger partial charge in [-0.1, -0.05) is 19.9 Å². The van der Waals surface area contributed by atoms with E-state index in [0.717, 1.165) is 29.4 Å². The second-order valence-corrected chi connectivity index (χ2v) is 9.71. The maximum absolute atomic E-state index is 12.5. The van der Waals surface area contributed by atoms with Gasteiger partial charge in [0.2, 0.25) is 5.91 Å². The zero-order chi connectivity index (χ0) is 21.5. The van der Waals surface area contributed by atoms with E-state index in [1.54, 1.807) is 11.8 Å². The number of benzene rings is 2. The number of nitrogens with zero attached hydrogens (tertiary/aromatic N) is 1. The summed E-state index contributed by atoms with van der Waals surface area (Å²) in [5.74, 6) is -0.266. The fourth-order valence-electron chi connectivity index (χ4n) is 3.56. The van der Waals surface area contributed by atoms with E-state index in [2.05, 4.69) is 35.4 Å². The van der Waals surface area contributed by atoms with Crippen molar-refractivity contribution in [1.29, 1.82) is 0 Å². The van der Waals surface area contributed by atoms with Crippen LogP contribution in [0.5, 0.6) is 0 Å². The summed E-state index contributed by atoms with van der Waals surface area (Å²) in [6.45, 7) is 8.26. The van der Waals surface area contributed by atoms with Crippen LogP contribution in [0.2, 0.25) is 0 Å². The molecule has 2 aromatic carbocycles. The highest BCUT2D eigenvalue weighted by atomic mass is 32.2. The van der Waals surface area contributed by atoms with E-state index in [0.29, 0.717) is 10.8 Å². The molecule has 1 aliphatic rings. The predicted octanol–water partition coefficient (Wildman–Crippen LogP) is 4.93. The Kier molecular flexibility index (Phi) is 7.80. The lowest BCUT2D eigenvalue weighted by atomic mass is 10.1. The van der Waals surface area contributed by atoms with Gasteiger partial charge in [0, 0.05) is 52.6 Å². The first-order valence-electron chi connectivity index (χ1n) is 10.6. The number of carbonyl (C=O) groups excluding carboxylic acids is 2. The summed E-state index contributed by atoms with van der Waals surface area (Å²) >= 11 is 1.76. The van der Waals surface area contributed by atoms with Crippen molar-refractivity contribution >= 4 is 35.0 Å². The van der Waals surface area contributed by atoms with E-state index < -0.39 is 0 Å². The third-order valence-electron chi connectivity index (χ3n) is 4.96. The third-order valence-corrected chi connectivity index (χ3v) is 5.97.